The summed E-state index contributed by atoms with van der Waals surface area (Å²) < 4.78 is 2.25. The number of nitrogens with two attached hydrogens (primary N) is 1. The Morgan fingerprint density at radius 2 is 2.18 bits per heavy atom. The van der Waals surface area contributed by atoms with Gasteiger partial charge in [0.15, 0.2) is 0 Å². The molecule has 3 heterocycles. The largest absolute Gasteiger partial charge is 0.342 e. The van der Waals surface area contributed by atoms with Crippen molar-refractivity contribution in [3.05, 3.63) is 23.2 Å². The molecule has 0 spiro atoms. The van der Waals surface area contributed by atoms with Crippen molar-refractivity contribution in [3.63, 3.8) is 0 Å². The van der Waals surface area contributed by atoms with Crippen LogP contribution < -0.4 is 5.73 Å². The van der Waals surface area contributed by atoms with Crippen molar-refractivity contribution in [2.24, 2.45) is 12.8 Å². The summed E-state index contributed by atoms with van der Waals surface area (Å²) in [5.41, 5.74) is 7.49. The fourth-order valence-electron chi connectivity index (χ4n) is 2.97. The molecule has 17 heavy (non-hydrogen) atoms. The summed E-state index contributed by atoms with van der Waals surface area (Å²) >= 11 is 1.82. The van der Waals surface area contributed by atoms with Crippen LogP contribution in [0.25, 0.3) is 10.2 Å². The second kappa shape index (κ2) is 4.12. The minimum atomic E-state index is 0.345. The van der Waals surface area contributed by atoms with E-state index < -0.39 is 0 Å². The van der Waals surface area contributed by atoms with Crippen LogP contribution in [0, 0.1) is 0 Å². The Bertz CT molecular complexity index is 528. The fraction of sp³-hybridized carbons (Fsp3) is 0.538. The van der Waals surface area contributed by atoms with Crippen LogP contribution in [0.5, 0.6) is 0 Å². The number of piperidine rings is 1. The van der Waals surface area contributed by atoms with Gasteiger partial charge >= 0.3 is 0 Å². The summed E-state index contributed by atoms with van der Waals surface area (Å²) in [7, 11) is 4.33. The van der Waals surface area contributed by atoms with Crippen LogP contribution in [0.4, 0.5) is 0 Å². The number of thiophene rings is 1. The Hall–Kier alpha value is -0.840. The molecule has 0 bridgehead atoms. The lowest BCUT2D eigenvalue weighted by molar-refractivity contribution is 0.171. The molecule has 0 saturated carbocycles. The van der Waals surface area contributed by atoms with E-state index in [1.165, 1.54) is 22.2 Å². The lowest BCUT2D eigenvalue weighted by Gasteiger charge is -2.35. The Kier molecular flexibility index (Phi) is 2.73. The highest BCUT2D eigenvalue weighted by Crippen LogP contribution is 2.36. The molecular formula is C13H19N3S. The predicted molar refractivity (Wildman–Crippen MR) is 73.4 cm³/mol. The first-order valence-electron chi connectivity index (χ1n) is 6.15. The predicted octanol–water partition coefficient (Wildman–Crippen LogP) is 2.33. The fourth-order valence-corrected chi connectivity index (χ4v) is 3.83. The second-order valence-electron chi connectivity index (χ2n) is 5.13. The Labute approximate surface area is 106 Å². The van der Waals surface area contributed by atoms with Gasteiger partial charge in [0.25, 0.3) is 0 Å². The molecule has 3 rings (SSSR count). The number of fused-ring (bicyclic) bond motifs is 1. The van der Waals surface area contributed by atoms with Crippen LogP contribution in [0.2, 0.25) is 0 Å². The average Bonchev–Trinajstić information content (AvgIpc) is 2.84. The van der Waals surface area contributed by atoms with Crippen molar-refractivity contribution in [2.45, 2.75) is 24.9 Å². The summed E-state index contributed by atoms with van der Waals surface area (Å²) in [5.74, 6) is 0. The van der Waals surface area contributed by atoms with Gasteiger partial charge in [-0.05, 0) is 36.9 Å². The first-order chi connectivity index (χ1) is 8.16. The molecule has 4 heteroatoms. The molecule has 1 aliphatic rings. The monoisotopic (exact) mass is 249 g/mol. The van der Waals surface area contributed by atoms with E-state index in [0.717, 1.165) is 13.0 Å². The number of nitrogens with zero attached hydrogens (tertiary/aromatic N) is 2. The molecule has 1 fully saturated rings. The number of hydrogen-bond acceptors (Lipinski definition) is 3. The lowest BCUT2D eigenvalue weighted by atomic mass is 9.94. The number of rotatable bonds is 1. The average molecular weight is 249 g/mol. The molecule has 0 aliphatic carbocycles. The number of aryl methyl sites for hydroxylation is 1. The highest BCUT2D eigenvalue weighted by Gasteiger charge is 2.27. The van der Waals surface area contributed by atoms with E-state index >= 15 is 0 Å². The van der Waals surface area contributed by atoms with Gasteiger partial charge in [-0.2, -0.15) is 0 Å². The zero-order valence-corrected chi connectivity index (χ0v) is 11.2. The molecule has 0 aromatic carbocycles. The Morgan fingerprint density at radius 3 is 2.94 bits per heavy atom. The third kappa shape index (κ3) is 1.80. The van der Waals surface area contributed by atoms with Crippen LogP contribution in [-0.4, -0.2) is 29.1 Å². The van der Waals surface area contributed by atoms with Crippen molar-refractivity contribution in [3.8, 4) is 0 Å². The summed E-state index contributed by atoms with van der Waals surface area (Å²) in [6, 6.07) is 3.13. The van der Waals surface area contributed by atoms with Gasteiger partial charge in [-0.1, -0.05) is 0 Å². The normalized spacial score (nSPS) is 26.8. The Balaban J connectivity index is 2.00. The molecule has 2 aromatic heterocycles. The Morgan fingerprint density at radius 1 is 1.35 bits per heavy atom. The molecule has 0 amide bonds. The van der Waals surface area contributed by atoms with Gasteiger partial charge in [0.05, 0.1) is 0 Å². The van der Waals surface area contributed by atoms with Gasteiger partial charge < -0.3 is 10.3 Å². The summed E-state index contributed by atoms with van der Waals surface area (Å²) in [4.78, 5) is 3.78. The zero-order chi connectivity index (χ0) is 12.0. The third-order valence-electron chi connectivity index (χ3n) is 3.83. The molecule has 92 valence electrons. The van der Waals surface area contributed by atoms with Crippen molar-refractivity contribution in [2.75, 3.05) is 13.6 Å². The number of hydrogen-bond donors (Lipinski definition) is 1. The van der Waals surface area contributed by atoms with Gasteiger partial charge in [-0.25, -0.2) is 0 Å². The second-order valence-corrected chi connectivity index (χ2v) is 6.02. The standard InChI is InChI=1S/C13H19N3S/c1-15-7-9(14)3-4-12(15)11-8-16(2)13-10(11)5-6-17-13/h5-6,8-9,12H,3-4,7,14H2,1-2H3. The summed E-state index contributed by atoms with van der Waals surface area (Å²) in [6.07, 6.45) is 4.60. The number of aromatic nitrogens is 1. The van der Waals surface area contributed by atoms with Gasteiger partial charge in [0.2, 0.25) is 0 Å². The molecule has 1 saturated heterocycles. The van der Waals surface area contributed by atoms with Gasteiger partial charge in [0, 0.05) is 37.3 Å². The molecule has 2 atom stereocenters. The van der Waals surface area contributed by atoms with E-state index in [-0.39, 0.29) is 0 Å². The molecule has 2 aromatic rings. The quantitative estimate of drug-likeness (QED) is 0.841. The molecule has 2 unspecified atom stereocenters. The summed E-state index contributed by atoms with van der Waals surface area (Å²) in [5, 5.41) is 3.60. The molecular weight excluding hydrogens is 230 g/mol. The SMILES string of the molecule is CN1CC(N)CCC1c1cn(C)c2sccc12. The van der Waals surface area contributed by atoms with E-state index in [1.807, 2.05) is 11.3 Å². The zero-order valence-electron chi connectivity index (χ0n) is 10.4. The smallest absolute Gasteiger partial charge is 0.102 e. The third-order valence-corrected chi connectivity index (χ3v) is 4.84. The van der Waals surface area contributed by atoms with Gasteiger partial charge in [0.1, 0.15) is 4.83 Å². The highest BCUT2D eigenvalue weighted by atomic mass is 32.1. The molecule has 0 radical (unpaired) electrons. The maximum atomic E-state index is 6.02. The molecule has 2 N–H and O–H groups in total. The topological polar surface area (TPSA) is 34.2 Å². The number of likely N-dealkylation sites (tertiary alicyclic amines) is 1. The highest BCUT2D eigenvalue weighted by molar-refractivity contribution is 7.16. The first kappa shape index (κ1) is 11.3. The van der Waals surface area contributed by atoms with Crippen molar-refractivity contribution >= 4 is 21.6 Å². The number of likely N-dealkylation sites (N-methyl/N-ethyl adjacent to an activating group) is 1. The van der Waals surface area contributed by atoms with E-state index in [1.54, 1.807) is 0 Å². The van der Waals surface area contributed by atoms with Crippen molar-refractivity contribution in [1.29, 1.82) is 0 Å². The lowest BCUT2D eigenvalue weighted by Crippen LogP contribution is -2.42. The van der Waals surface area contributed by atoms with Crippen LogP contribution in [0.15, 0.2) is 17.6 Å². The van der Waals surface area contributed by atoms with Crippen molar-refractivity contribution < 1.29 is 0 Å². The van der Waals surface area contributed by atoms with Gasteiger partial charge in [-0.15, -0.1) is 11.3 Å². The van der Waals surface area contributed by atoms with Crippen LogP contribution in [-0.2, 0) is 7.05 Å². The van der Waals surface area contributed by atoms with E-state index in [2.05, 4.69) is 41.2 Å². The van der Waals surface area contributed by atoms with Crippen LogP contribution in [0.1, 0.15) is 24.4 Å². The summed E-state index contributed by atoms with van der Waals surface area (Å²) in [6.45, 7) is 1.01. The molecule has 3 nitrogen and oxygen atoms in total. The first-order valence-corrected chi connectivity index (χ1v) is 7.03. The van der Waals surface area contributed by atoms with Gasteiger partial charge in [-0.3, -0.25) is 4.90 Å². The maximum Gasteiger partial charge on any atom is 0.102 e. The maximum absolute atomic E-state index is 6.02. The van der Waals surface area contributed by atoms with E-state index in [4.69, 9.17) is 5.73 Å². The molecule has 1 aliphatic heterocycles. The van der Waals surface area contributed by atoms with Crippen LogP contribution >= 0.6 is 11.3 Å². The minimum absolute atomic E-state index is 0.345. The van der Waals surface area contributed by atoms with E-state index in [0.29, 0.717) is 12.1 Å². The minimum Gasteiger partial charge on any atom is -0.342 e. The van der Waals surface area contributed by atoms with Crippen molar-refractivity contribution in [1.82, 2.24) is 9.47 Å². The van der Waals surface area contributed by atoms with Crippen LogP contribution in [0.3, 0.4) is 0 Å². The van der Waals surface area contributed by atoms with E-state index in [9.17, 15) is 0 Å².